The zero-order valence-electron chi connectivity index (χ0n) is 11.2. The Bertz CT molecular complexity index is 471. The average molecular weight is 286 g/mol. The molecule has 106 valence electrons. The number of carbonyl (C=O) groups is 2. The lowest BCUT2D eigenvalue weighted by Gasteiger charge is -2.05. The van der Waals surface area contributed by atoms with Crippen molar-refractivity contribution in [3.8, 4) is 0 Å². The van der Waals surface area contributed by atoms with Gasteiger partial charge < -0.3 is 20.5 Å². The molecular formula is C12H18N2O4S. The van der Waals surface area contributed by atoms with Crippen molar-refractivity contribution in [3.05, 3.63) is 10.4 Å². The summed E-state index contributed by atoms with van der Waals surface area (Å²) in [6, 6.07) is 0. The number of hydrogen-bond donors (Lipinski definition) is 2. The van der Waals surface area contributed by atoms with Crippen molar-refractivity contribution in [2.45, 2.75) is 19.8 Å². The molecule has 0 radical (unpaired) electrons. The van der Waals surface area contributed by atoms with Gasteiger partial charge >= 0.3 is 11.9 Å². The topological polar surface area (TPSA) is 90.6 Å². The second kappa shape index (κ2) is 6.98. The number of nitrogens with two attached hydrogens (primary N) is 1. The molecule has 0 aliphatic carbocycles. The Morgan fingerprint density at radius 2 is 1.89 bits per heavy atom. The van der Waals surface area contributed by atoms with Gasteiger partial charge in [-0.15, -0.1) is 11.3 Å². The normalized spacial score (nSPS) is 10.1. The van der Waals surface area contributed by atoms with E-state index in [1.165, 1.54) is 14.2 Å². The van der Waals surface area contributed by atoms with E-state index in [1.54, 1.807) is 0 Å². The highest BCUT2D eigenvalue weighted by atomic mass is 32.1. The first-order valence-electron chi connectivity index (χ1n) is 5.89. The molecule has 0 aliphatic heterocycles. The van der Waals surface area contributed by atoms with Crippen LogP contribution in [0.2, 0.25) is 0 Å². The van der Waals surface area contributed by atoms with Crippen molar-refractivity contribution in [3.63, 3.8) is 0 Å². The number of esters is 2. The van der Waals surface area contributed by atoms with Crippen LogP contribution >= 0.6 is 11.3 Å². The van der Waals surface area contributed by atoms with Gasteiger partial charge in [-0.1, -0.05) is 13.3 Å². The van der Waals surface area contributed by atoms with Gasteiger partial charge in [0.1, 0.15) is 15.4 Å². The molecule has 6 nitrogen and oxygen atoms in total. The highest BCUT2D eigenvalue weighted by Gasteiger charge is 2.26. The summed E-state index contributed by atoms with van der Waals surface area (Å²) in [5, 5.41) is 3.64. The van der Waals surface area contributed by atoms with Gasteiger partial charge in [-0.2, -0.15) is 0 Å². The third kappa shape index (κ3) is 3.37. The summed E-state index contributed by atoms with van der Waals surface area (Å²) in [6.07, 6.45) is 1.97. The quantitative estimate of drug-likeness (QED) is 0.615. The number of rotatable bonds is 6. The third-order valence-corrected chi connectivity index (χ3v) is 3.66. The van der Waals surface area contributed by atoms with Gasteiger partial charge in [0.05, 0.1) is 19.9 Å². The molecule has 1 aromatic rings. The van der Waals surface area contributed by atoms with Gasteiger partial charge in [-0.05, 0) is 6.42 Å². The van der Waals surface area contributed by atoms with Gasteiger partial charge in [0, 0.05) is 6.54 Å². The van der Waals surface area contributed by atoms with E-state index in [0.29, 0.717) is 11.5 Å². The zero-order valence-corrected chi connectivity index (χ0v) is 12.1. The summed E-state index contributed by atoms with van der Waals surface area (Å²) in [6.45, 7) is 2.76. The van der Waals surface area contributed by atoms with Gasteiger partial charge in [0.15, 0.2) is 0 Å². The zero-order chi connectivity index (χ0) is 14.4. The molecule has 0 amide bonds. The minimum absolute atomic E-state index is 0.0997. The van der Waals surface area contributed by atoms with Crippen LogP contribution < -0.4 is 11.1 Å². The number of methoxy groups -OCH3 is 2. The smallest absolute Gasteiger partial charge is 0.350 e. The fraction of sp³-hybridized carbons (Fsp3) is 0.500. The van der Waals surface area contributed by atoms with E-state index < -0.39 is 11.9 Å². The average Bonchev–Trinajstić information content (AvgIpc) is 2.74. The van der Waals surface area contributed by atoms with E-state index in [2.05, 4.69) is 21.7 Å². The maximum atomic E-state index is 11.7. The summed E-state index contributed by atoms with van der Waals surface area (Å²) in [7, 11) is 2.54. The van der Waals surface area contributed by atoms with E-state index in [9.17, 15) is 9.59 Å². The van der Waals surface area contributed by atoms with Crippen LogP contribution in [0.1, 0.15) is 39.8 Å². The summed E-state index contributed by atoms with van der Waals surface area (Å²) >= 11 is 1.10. The van der Waals surface area contributed by atoms with E-state index in [-0.39, 0.29) is 16.1 Å². The van der Waals surface area contributed by atoms with E-state index in [4.69, 9.17) is 5.73 Å². The molecule has 0 unspecified atom stereocenters. The Labute approximate surface area is 115 Å². The number of nitrogen functional groups attached to an aromatic ring is 1. The molecule has 1 aromatic heterocycles. The highest BCUT2D eigenvalue weighted by Crippen LogP contribution is 2.36. The van der Waals surface area contributed by atoms with Crippen LogP contribution in [0.5, 0.6) is 0 Å². The Hall–Kier alpha value is -1.76. The van der Waals surface area contributed by atoms with Crippen molar-refractivity contribution in [2.75, 3.05) is 31.8 Å². The van der Waals surface area contributed by atoms with Crippen LogP contribution in [-0.4, -0.2) is 32.7 Å². The molecule has 0 aromatic carbocycles. The van der Waals surface area contributed by atoms with E-state index >= 15 is 0 Å². The Morgan fingerprint density at radius 3 is 2.42 bits per heavy atom. The summed E-state index contributed by atoms with van der Waals surface area (Å²) < 4.78 is 9.32. The second-order valence-corrected chi connectivity index (χ2v) is 4.83. The molecule has 1 rings (SSSR count). The molecule has 7 heteroatoms. The predicted molar refractivity (Wildman–Crippen MR) is 74.8 cm³/mol. The van der Waals surface area contributed by atoms with Gasteiger partial charge in [0.2, 0.25) is 0 Å². The SMILES string of the molecule is CCCCNc1sc(C(=O)OC)c(N)c1C(=O)OC. The van der Waals surface area contributed by atoms with Crippen molar-refractivity contribution < 1.29 is 19.1 Å². The van der Waals surface area contributed by atoms with Crippen LogP contribution in [0.4, 0.5) is 10.7 Å². The Kier molecular flexibility index (Phi) is 5.62. The van der Waals surface area contributed by atoms with E-state index in [0.717, 1.165) is 24.2 Å². The maximum absolute atomic E-state index is 11.7. The molecule has 3 N–H and O–H groups in total. The molecule has 0 saturated heterocycles. The lowest BCUT2D eigenvalue weighted by atomic mass is 10.2. The summed E-state index contributed by atoms with van der Waals surface area (Å²) in [5.41, 5.74) is 6.13. The van der Waals surface area contributed by atoms with Gasteiger partial charge in [0.25, 0.3) is 0 Å². The summed E-state index contributed by atoms with van der Waals surface area (Å²) in [4.78, 5) is 23.5. The highest BCUT2D eigenvalue weighted by molar-refractivity contribution is 7.19. The Morgan fingerprint density at radius 1 is 1.26 bits per heavy atom. The lowest BCUT2D eigenvalue weighted by Crippen LogP contribution is -2.09. The minimum Gasteiger partial charge on any atom is -0.465 e. The molecule has 0 atom stereocenters. The van der Waals surface area contributed by atoms with Crippen molar-refractivity contribution in [2.24, 2.45) is 0 Å². The standard InChI is InChI=1S/C12H18N2O4S/c1-4-5-6-14-10-7(11(15)17-2)8(13)9(19-10)12(16)18-3/h14H,4-6,13H2,1-3H3. The molecule has 1 heterocycles. The first-order chi connectivity index (χ1) is 9.06. The van der Waals surface area contributed by atoms with Crippen molar-refractivity contribution >= 4 is 34.0 Å². The lowest BCUT2D eigenvalue weighted by molar-refractivity contribution is 0.0602. The largest absolute Gasteiger partial charge is 0.465 e. The molecule has 0 aliphatic rings. The number of anilines is 2. The molecule has 0 saturated carbocycles. The number of nitrogens with one attached hydrogen (secondary N) is 1. The molecule has 0 bridgehead atoms. The van der Waals surface area contributed by atoms with Crippen molar-refractivity contribution in [1.82, 2.24) is 0 Å². The van der Waals surface area contributed by atoms with Crippen LogP contribution in [0.15, 0.2) is 0 Å². The number of carbonyl (C=O) groups excluding carboxylic acids is 2. The predicted octanol–water partition coefficient (Wildman–Crippen LogP) is 2.12. The number of unbranched alkanes of at least 4 members (excludes halogenated alkanes) is 1. The fourth-order valence-electron chi connectivity index (χ4n) is 1.50. The third-order valence-electron chi connectivity index (χ3n) is 2.52. The number of ether oxygens (including phenoxy) is 2. The molecule has 0 fully saturated rings. The first kappa shape index (κ1) is 15.3. The van der Waals surface area contributed by atoms with Gasteiger partial charge in [-0.25, -0.2) is 9.59 Å². The number of thiophene rings is 1. The Balaban J connectivity index is 3.12. The second-order valence-electron chi connectivity index (χ2n) is 3.81. The summed E-state index contributed by atoms with van der Waals surface area (Å²) in [5.74, 6) is -1.13. The van der Waals surface area contributed by atoms with Crippen molar-refractivity contribution in [1.29, 1.82) is 0 Å². The maximum Gasteiger partial charge on any atom is 0.350 e. The monoisotopic (exact) mass is 286 g/mol. The van der Waals surface area contributed by atoms with E-state index in [1.807, 2.05) is 0 Å². The molecule has 0 spiro atoms. The fourth-order valence-corrected chi connectivity index (χ4v) is 2.55. The van der Waals surface area contributed by atoms with Crippen LogP contribution in [-0.2, 0) is 9.47 Å². The first-order valence-corrected chi connectivity index (χ1v) is 6.71. The van der Waals surface area contributed by atoms with Crippen LogP contribution in [0.25, 0.3) is 0 Å². The molecule has 19 heavy (non-hydrogen) atoms. The van der Waals surface area contributed by atoms with Crippen LogP contribution in [0, 0.1) is 0 Å². The minimum atomic E-state index is -0.567. The number of hydrogen-bond acceptors (Lipinski definition) is 7. The van der Waals surface area contributed by atoms with Crippen LogP contribution in [0.3, 0.4) is 0 Å². The van der Waals surface area contributed by atoms with Gasteiger partial charge in [-0.3, -0.25) is 0 Å². The molecular weight excluding hydrogens is 268 g/mol.